The number of aryl methyl sites for hydroxylation is 1. The molecular formula is C22H36NO+. The van der Waals surface area contributed by atoms with E-state index < -0.39 is 0 Å². The fraction of sp³-hybridized carbons (Fsp3) is 0.682. The lowest BCUT2D eigenvalue weighted by Crippen LogP contribution is -2.32. The van der Waals surface area contributed by atoms with Gasteiger partial charge in [0.2, 0.25) is 0 Å². The van der Waals surface area contributed by atoms with Gasteiger partial charge in [-0.3, -0.25) is 0 Å². The van der Waals surface area contributed by atoms with Crippen LogP contribution in [0.5, 0.6) is 0 Å². The Morgan fingerprint density at radius 2 is 1.08 bits per heavy atom. The molecule has 0 N–H and O–H groups in total. The summed E-state index contributed by atoms with van der Waals surface area (Å²) in [6.07, 6.45) is 24.4. The highest BCUT2D eigenvalue weighted by Crippen LogP contribution is 2.12. The molecule has 1 aromatic rings. The van der Waals surface area contributed by atoms with Crippen molar-refractivity contribution < 1.29 is 9.36 Å². The Kier molecular flexibility index (Phi) is 14.2. The molecule has 1 rings (SSSR count). The van der Waals surface area contributed by atoms with Gasteiger partial charge in [-0.1, -0.05) is 70.3 Å². The Hall–Kier alpha value is -1.40. The Labute approximate surface area is 149 Å². The highest BCUT2D eigenvalue weighted by molar-refractivity contribution is 5.44. The summed E-state index contributed by atoms with van der Waals surface area (Å²) in [6.45, 7) is 1.16. The lowest BCUT2D eigenvalue weighted by molar-refractivity contribution is -0.697. The van der Waals surface area contributed by atoms with Crippen LogP contribution < -0.4 is 4.57 Å². The maximum atomic E-state index is 10.0. The third-order valence-electron chi connectivity index (χ3n) is 4.63. The minimum Gasteiger partial charge on any atom is -0.234 e. The summed E-state index contributed by atoms with van der Waals surface area (Å²) >= 11 is 0. The first-order valence-electron chi connectivity index (χ1n) is 10.1. The largest absolute Gasteiger partial charge is 0.234 e. The van der Waals surface area contributed by atoms with Gasteiger partial charge in [0.05, 0.1) is 0 Å². The van der Waals surface area contributed by atoms with Crippen LogP contribution in [0.15, 0.2) is 36.7 Å². The van der Waals surface area contributed by atoms with Gasteiger partial charge >= 0.3 is 0 Å². The van der Waals surface area contributed by atoms with Crippen molar-refractivity contribution >= 4 is 5.94 Å². The van der Waals surface area contributed by atoms with Crippen LogP contribution >= 0.6 is 0 Å². The number of nitrogens with zero attached hydrogens (tertiary/aromatic N) is 1. The highest BCUT2D eigenvalue weighted by Gasteiger charge is 1.98. The topological polar surface area (TPSA) is 20.9 Å². The van der Waals surface area contributed by atoms with E-state index in [9.17, 15) is 4.79 Å². The molecule has 0 spiro atoms. The molecule has 0 unspecified atom stereocenters. The fourth-order valence-electron chi connectivity index (χ4n) is 3.13. The molecule has 1 aromatic heterocycles. The first-order valence-corrected chi connectivity index (χ1v) is 10.1. The number of aromatic nitrogens is 1. The van der Waals surface area contributed by atoms with Crippen molar-refractivity contribution in [1.82, 2.24) is 0 Å². The fourth-order valence-corrected chi connectivity index (χ4v) is 3.13. The molecule has 2 nitrogen and oxygen atoms in total. The number of hydrogen-bond donors (Lipinski definition) is 0. The second-order valence-corrected chi connectivity index (χ2v) is 6.82. The second-order valence-electron chi connectivity index (χ2n) is 6.82. The van der Waals surface area contributed by atoms with E-state index in [1.54, 1.807) is 6.08 Å². The molecule has 0 aliphatic carbocycles. The van der Waals surface area contributed by atoms with Gasteiger partial charge in [-0.25, -0.2) is 9.36 Å². The Morgan fingerprint density at radius 3 is 1.58 bits per heavy atom. The van der Waals surface area contributed by atoms with E-state index in [-0.39, 0.29) is 0 Å². The zero-order chi connectivity index (χ0) is 17.1. The molecule has 0 aliphatic heterocycles. The summed E-state index contributed by atoms with van der Waals surface area (Å²) < 4.78 is 2.28. The molecule has 1 heterocycles. The smallest absolute Gasteiger partial charge is 0.168 e. The number of hydrogen-bond acceptors (Lipinski definition) is 1. The predicted molar refractivity (Wildman–Crippen MR) is 102 cm³/mol. The quantitative estimate of drug-likeness (QED) is 0.212. The molecule has 24 heavy (non-hydrogen) atoms. The van der Waals surface area contributed by atoms with Gasteiger partial charge in [0.25, 0.3) is 0 Å². The van der Waals surface area contributed by atoms with E-state index in [4.69, 9.17) is 0 Å². The van der Waals surface area contributed by atoms with Crippen LogP contribution in [-0.4, -0.2) is 5.94 Å². The molecule has 0 radical (unpaired) electrons. The number of rotatable bonds is 16. The first kappa shape index (κ1) is 20.6. The molecule has 2 heteroatoms. The lowest BCUT2D eigenvalue weighted by atomic mass is 10.0. The maximum absolute atomic E-state index is 10.0. The van der Waals surface area contributed by atoms with Crippen LogP contribution in [0.1, 0.15) is 89.9 Å². The third kappa shape index (κ3) is 13.1. The van der Waals surface area contributed by atoms with E-state index in [0.29, 0.717) is 0 Å². The zero-order valence-corrected chi connectivity index (χ0v) is 15.4. The van der Waals surface area contributed by atoms with Crippen molar-refractivity contribution in [2.75, 3.05) is 0 Å². The van der Waals surface area contributed by atoms with Crippen LogP contribution in [0.4, 0.5) is 0 Å². The van der Waals surface area contributed by atoms with E-state index in [1.807, 2.05) is 5.94 Å². The number of unbranched alkanes of at least 4 members (excludes halogenated alkanes) is 13. The van der Waals surface area contributed by atoms with E-state index in [0.717, 1.165) is 19.4 Å². The SMILES string of the molecule is O=C=CCCCCCCCCCCCCCCC[n+]1ccccc1. The molecule has 0 aromatic carbocycles. The number of allylic oxidation sites excluding steroid dienone is 1. The maximum Gasteiger partial charge on any atom is 0.168 e. The van der Waals surface area contributed by atoms with Gasteiger partial charge < -0.3 is 0 Å². The lowest BCUT2D eigenvalue weighted by Gasteiger charge is -2.02. The summed E-state index contributed by atoms with van der Waals surface area (Å²) in [4.78, 5) is 10.0. The van der Waals surface area contributed by atoms with Crippen LogP contribution in [-0.2, 0) is 11.3 Å². The van der Waals surface area contributed by atoms with Crippen molar-refractivity contribution in [3.8, 4) is 0 Å². The van der Waals surface area contributed by atoms with Crippen LogP contribution in [0.3, 0.4) is 0 Å². The third-order valence-corrected chi connectivity index (χ3v) is 4.63. The molecule has 0 saturated carbocycles. The molecule has 0 aliphatic rings. The van der Waals surface area contributed by atoms with Gasteiger partial charge in [-0.15, -0.1) is 0 Å². The summed E-state index contributed by atoms with van der Waals surface area (Å²) in [5.74, 6) is 1.85. The van der Waals surface area contributed by atoms with E-state index in [1.165, 1.54) is 77.0 Å². The van der Waals surface area contributed by atoms with E-state index in [2.05, 4.69) is 35.2 Å². The van der Waals surface area contributed by atoms with Crippen molar-refractivity contribution in [2.45, 2.75) is 96.4 Å². The minimum absolute atomic E-state index is 0.910. The number of carbonyl (C=O) groups excluding carboxylic acids is 1. The van der Waals surface area contributed by atoms with Crippen molar-refractivity contribution in [3.63, 3.8) is 0 Å². The highest BCUT2D eigenvalue weighted by atomic mass is 16.1. The zero-order valence-electron chi connectivity index (χ0n) is 15.4. The van der Waals surface area contributed by atoms with Gasteiger partial charge in [0.1, 0.15) is 12.5 Å². The van der Waals surface area contributed by atoms with Crippen LogP contribution in [0, 0.1) is 0 Å². The molecule has 0 amide bonds. The summed E-state index contributed by atoms with van der Waals surface area (Å²) in [5.41, 5.74) is 0. The minimum atomic E-state index is 0.910. The molecule has 0 saturated heterocycles. The molecular weight excluding hydrogens is 294 g/mol. The Morgan fingerprint density at radius 1 is 0.625 bits per heavy atom. The summed E-state index contributed by atoms with van der Waals surface area (Å²) in [7, 11) is 0. The van der Waals surface area contributed by atoms with Crippen molar-refractivity contribution in [2.24, 2.45) is 0 Å². The van der Waals surface area contributed by atoms with Crippen LogP contribution in [0.25, 0.3) is 0 Å². The molecule has 0 bridgehead atoms. The average Bonchev–Trinajstić information content (AvgIpc) is 2.62. The van der Waals surface area contributed by atoms with Gasteiger partial charge in [-0.2, -0.15) is 0 Å². The van der Waals surface area contributed by atoms with Gasteiger partial charge in [-0.05, 0) is 25.3 Å². The van der Waals surface area contributed by atoms with Gasteiger partial charge in [0.15, 0.2) is 12.4 Å². The second kappa shape index (κ2) is 16.5. The molecule has 0 atom stereocenters. The van der Waals surface area contributed by atoms with Gasteiger partial charge in [0, 0.05) is 18.6 Å². The molecule has 0 fully saturated rings. The average molecular weight is 331 g/mol. The Balaban J connectivity index is 1.72. The normalized spacial score (nSPS) is 10.5. The van der Waals surface area contributed by atoms with Crippen molar-refractivity contribution in [3.05, 3.63) is 36.7 Å². The predicted octanol–water partition coefficient (Wildman–Crippen LogP) is 5.82. The number of pyridine rings is 1. The standard InChI is InChI=1S/C22H36NO/c24-22-18-13-11-9-7-5-3-1-2-4-6-8-10-12-15-19-23-20-16-14-17-21-23/h14,16-18,20-21H,1-13,15,19H2/q+1. The Bertz CT molecular complexity index is 423. The summed E-state index contributed by atoms with van der Waals surface area (Å²) in [5, 5.41) is 0. The van der Waals surface area contributed by atoms with E-state index >= 15 is 0 Å². The molecule has 134 valence electrons. The van der Waals surface area contributed by atoms with Crippen molar-refractivity contribution in [1.29, 1.82) is 0 Å². The summed E-state index contributed by atoms with van der Waals surface area (Å²) in [6, 6.07) is 6.28. The monoisotopic (exact) mass is 330 g/mol. The first-order chi connectivity index (χ1) is 11.9. The van der Waals surface area contributed by atoms with Crippen LogP contribution in [0.2, 0.25) is 0 Å².